The van der Waals surface area contributed by atoms with E-state index in [1.165, 1.54) is 12.1 Å². The molecule has 0 saturated carbocycles. The van der Waals surface area contributed by atoms with Gasteiger partial charge in [-0.2, -0.15) is 0 Å². The SMILES string of the molecule is CC(C)(c1ccc(F)cc1)n1cncc1N. The molecule has 3 nitrogen and oxygen atoms in total. The van der Waals surface area contributed by atoms with Gasteiger partial charge in [0.05, 0.1) is 18.1 Å². The minimum Gasteiger partial charge on any atom is -0.384 e. The minimum atomic E-state index is -0.339. The van der Waals surface area contributed by atoms with Crippen molar-refractivity contribution in [3.05, 3.63) is 48.2 Å². The van der Waals surface area contributed by atoms with Crippen LogP contribution in [0.25, 0.3) is 0 Å². The standard InChI is InChI=1S/C12H14FN3/c1-12(2,16-8-15-7-11(16)14)9-3-5-10(13)6-4-9/h3-8H,14H2,1-2H3. The molecular formula is C12H14FN3. The summed E-state index contributed by atoms with van der Waals surface area (Å²) >= 11 is 0. The molecule has 0 saturated heterocycles. The summed E-state index contributed by atoms with van der Waals surface area (Å²) < 4.78 is 14.7. The highest BCUT2D eigenvalue weighted by atomic mass is 19.1. The number of nitrogens with two attached hydrogens (primary N) is 1. The molecule has 2 aromatic rings. The van der Waals surface area contributed by atoms with Crippen molar-refractivity contribution in [2.24, 2.45) is 0 Å². The topological polar surface area (TPSA) is 43.8 Å². The third kappa shape index (κ3) is 1.66. The lowest BCUT2D eigenvalue weighted by atomic mass is 9.94. The van der Waals surface area contributed by atoms with Gasteiger partial charge < -0.3 is 10.3 Å². The zero-order valence-corrected chi connectivity index (χ0v) is 9.31. The Balaban J connectivity index is 2.46. The molecule has 0 aliphatic rings. The summed E-state index contributed by atoms with van der Waals surface area (Å²) in [6, 6.07) is 6.41. The van der Waals surface area contributed by atoms with Crippen LogP contribution in [0, 0.1) is 5.82 Å². The summed E-state index contributed by atoms with van der Waals surface area (Å²) in [7, 11) is 0. The summed E-state index contributed by atoms with van der Waals surface area (Å²) in [5.74, 6) is 0.354. The maximum Gasteiger partial charge on any atom is 0.124 e. The predicted molar refractivity (Wildman–Crippen MR) is 61.5 cm³/mol. The van der Waals surface area contributed by atoms with Crippen LogP contribution in [-0.2, 0) is 5.54 Å². The summed E-state index contributed by atoms with van der Waals surface area (Å²) in [6.07, 6.45) is 3.28. The van der Waals surface area contributed by atoms with E-state index in [2.05, 4.69) is 4.98 Å². The number of benzene rings is 1. The number of nitrogens with zero attached hydrogens (tertiary/aromatic N) is 2. The Morgan fingerprint density at radius 1 is 1.25 bits per heavy atom. The number of imidazole rings is 1. The Labute approximate surface area is 93.7 Å². The van der Waals surface area contributed by atoms with Crippen molar-refractivity contribution in [3.63, 3.8) is 0 Å². The maximum absolute atomic E-state index is 12.9. The molecule has 0 aliphatic carbocycles. The van der Waals surface area contributed by atoms with E-state index >= 15 is 0 Å². The van der Waals surface area contributed by atoms with Crippen molar-refractivity contribution in [2.75, 3.05) is 5.73 Å². The zero-order valence-electron chi connectivity index (χ0n) is 9.31. The van der Waals surface area contributed by atoms with Crippen LogP contribution in [0.1, 0.15) is 19.4 Å². The Morgan fingerprint density at radius 2 is 1.88 bits per heavy atom. The van der Waals surface area contributed by atoms with Gasteiger partial charge in [0.2, 0.25) is 0 Å². The fourth-order valence-corrected chi connectivity index (χ4v) is 1.77. The molecule has 0 fully saturated rings. The van der Waals surface area contributed by atoms with E-state index in [0.717, 1.165) is 5.56 Å². The fourth-order valence-electron chi connectivity index (χ4n) is 1.77. The number of hydrogen-bond donors (Lipinski definition) is 1. The number of anilines is 1. The van der Waals surface area contributed by atoms with Crippen LogP contribution in [0.2, 0.25) is 0 Å². The number of aromatic nitrogens is 2. The van der Waals surface area contributed by atoms with Gasteiger partial charge in [0, 0.05) is 0 Å². The molecule has 0 bridgehead atoms. The lowest BCUT2D eigenvalue weighted by Gasteiger charge is -2.28. The first kappa shape index (κ1) is 10.7. The lowest BCUT2D eigenvalue weighted by molar-refractivity contribution is 0.440. The molecular weight excluding hydrogens is 205 g/mol. The van der Waals surface area contributed by atoms with Gasteiger partial charge in [-0.1, -0.05) is 12.1 Å². The second kappa shape index (κ2) is 3.63. The van der Waals surface area contributed by atoms with Crippen LogP contribution in [0.5, 0.6) is 0 Å². The number of rotatable bonds is 2. The molecule has 84 valence electrons. The first-order valence-electron chi connectivity index (χ1n) is 5.06. The van der Waals surface area contributed by atoms with Crippen LogP contribution >= 0.6 is 0 Å². The molecule has 0 unspecified atom stereocenters. The number of halogens is 1. The first-order valence-corrected chi connectivity index (χ1v) is 5.06. The molecule has 16 heavy (non-hydrogen) atoms. The van der Waals surface area contributed by atoms with Crippen LogP contribution in [0.4, 0.5) is 10.2 Å². The van der Waals surface area contributed by atoms with E-state index in [-0.39, 0.29) is 11.4 Å². The minimum absolute atomic E-state index is 0.238. The molecule has 0 aliphatic heterocycles. The van der Waals surface area contributed by atoms with Gasteiger partial charge in [-0.3, -0.25) is 0 Å². The summed E-state index contributed by atoms with van der Waals surface area (Å²) in [4.78, 5) is 3.99. The van der Waals surface area contributed by atoms with Crippen molar-refractivity contribution >= 4 is 5.82 Å². The van der Waals surface area contributed by atoms with E-state index in [9.17, 15) is 4.39 Å². The zero-order chi connectivity index (χ0) is 11.8. The van der Waals surface area contributed by atoms with Gasteiger partial charge in [0.25, 0.3) is 0 Å². The summed E-state index contributed by atoms with van der Waals surface area (Å²) in [5.41, 5.74) is 6.47. The first-order chi connectivity index (χ1) is 7.51. The van der Waals surface area contributed by atoms with Crippen molar-refractivity contribution < 1.29 is 4.39 Å². The van der Waals surface area contributed by atoms with Crippen LogP contribution in [-0.4, -0.2) is 9.55 Å². The van der Waals surface area contributed by atoms with Crippen molar-refractivity contribution in [1.29, 1.82) is 0 Å². The molecule has 0 atom stereocenters. The molecule has 2 rings (SSSR count). The third-order valence-electron chi connectivity index (χ3n) is 2.82. The average molecular weight is 219 g/mol. The van der Waals surface area contributed by atoms with E-state index in [1.54, 1.807) is 24.7 Å². The molecule has 0 radical (unpaired) electrons. The Morgan fingerprint density at radius 3 is 2.38 bits per heavy atom. The van der Waals surface area contributed by atoms with E-state index < -0.39 is 0 Å². The molecule has 0 amide bonds. The summed E-state index contributed by atoms with van der Waals surface area (Å²) in [5, 5.41) is 0. The van der Waals surface area contributed by atoms with Crippen molar-refractivity contribution in [2.45, 2.75) is 19.4 Å². The van der Waals surface area contributed by atoms with Crippen molar-refractivity contribution in [1.82, 2.24) is 9.55 Å². The molecule has 2 N–H and O–H groups in total. The predicted octanol–water partition coefficient (Wildman–Crippen LogP) is 2.39. The van der Waals surface area contributed by atoms with Gasteiger partial charge in [-0.15, -0.1) is 0 Å². The molecule has 0 spiro atoms. The molecule has 1 aromatic carbocycles. The van der Waals surface area contributed by atoms with Gasteiger partial charge in [-0.05, 0) is 31.5 Å². The van der Waals surface area contributed by atoms with Crippen LogP contribution in [0.3, 0.4) is 0 Å². The lowest BCUT2D eigenvalue weighted by Crippen LogP contribution is -2.28. The fraction of sp³-hybridized carbons (Fsp3) is 0.250. The molecule has 1 aromatic heterocycles. The van der Waals surface area contributed by atoms with E-state index in [0.29, 0.717) is 5.82 Å². The number of hydrogen-bond acceptors (Lipinski definition) is 2. The highest BCUT2D eigenvalue weighted by Crippen LogP contribution is 2.27. The van der Waals surface area contributed by atoms with Gasteiger partial charge >= 0.3 is 0 Å². The van der Waals surface area contributed by atoms with Gasteiger partial charge in [0.15, 0.2) is 0 Å². The van der Waals surface area contributed by atoms with Gasteiger partial charge in [0.1, 0.15) is 11.6 Å². The monoisotopic (exact) mass is 219 g/mol. The van der Waals surface area contributed by atoms with Crippen LogP contribution in [0.15, 0.2) is 36.8 Å². The van der Waals surface area contributed by atoms with Crippen molar-refractivity contribution in [3.8, 4) is 0 Å². The highest BCUT2D eigenvalue weighted by Gasteiger charge is 2.23. The Kier molecular flexibility index (Phi) is 2.42. The molecule has 4 heteroatoms. The normalized spacial score (nSPS) is 11.7. The van der Waals surface area contributed by atoms with Crippen LogP contribution < -0.4 is 5.73 Å². The van der Waals surface area contributed by atoms with E-state index in [1.807, 2.05) is 18.4 Å². The third-order valence-corrected chi connectivity index (χ3v) is 2.82. The second-order valence-electron chi connectivity index (χ2n) is 4.25. The Bertz CT molecular complexity index is 485. The van der Waals surface area contributed by atoms with E-state index in [4.69, 9.17) is 5.73 Å². The second-order valence-corrected chi connectivity index (χ2v) is 4.25. The maximum atomic E-state index is 12.9. The average Bonchev–Trinajstić information content (AvgIpc) is 2.66. The molecule has 1 heterocycles. The Hall–Kier alpha value is -1.84. The number of nitrogen functional groups attached to an aromatic ring is 1. The highest BCUT2D eigenvalue weighted by molar-refractivity contribution is 5.33. The van der Waals surface area contributed by atoms with Gasteiger partial charge in [-0.25, -0.2) is 9.37 Å². The smallest absolute Gasteiger partial charge is 0.124 e. The largest absolute Gasteiger partial charge is 0.384 e. The summed E-state index contributed by atoms with van der Waals surface area (Å²) in [6.45, 7) is 4.02. The quantitative estimate of drug-likeness (QED) is 0.842.